The van der Waals surface area contributed by atoms with Crippen LogP contribution in [0.15, 0.2) is 22.7 Å². The number of nitrogens with one attached hydrogen (secondary N) is 1. The number of halogens is 1. The number of nitrogens with two attached hydrogens (primary N) is 1. The Morgan fingerprint density at radius 1 is 1.55 bits per heavy atom. The van der Waals surface area contributed by atoms with Gasteiger partial charge in [0.25, 0.3) is 0 Å². The Hall–Kier alpha value is -1.43. The van der Waals surface area contributed by atoms with Gasteiger partial charge in [-0.3, -0.25) is 0 Å². The number of benzene rings is 1. The van der Waals surface area contributed by atoms with E-state index in [-0.39, 0.29) is 11.5 Å². The molecule has 1 atom stereocenters. The van der Waals surface area contributed by atoms with Crippen molar-refractivity contribution in [2.45, 2.75) is 25.3 Å². The van der Waals surface area contributed by atoms with Gasteiger partial charge in [-0.05, 0) is 42.9 Å². The van der Waals surface area contributed by atoms with Crippen LogP contribution < -0.4 is 11.1 Å². The zero-order chi connectivity index (χ0) is 14.3. The van der Waals surface area contributed by atoms with Crippen LogP contribution in [0.3, 0.4) is 0 Å². The van der Waals surface area contributed by atoms with Crippen LogP contribution in [0.25, 0.3) is 0 Å². The second-order valence-corrected chi connectivity index (χ2v) is 6.80. The van der Waals surface area contributed by atoms with E-state index in [9.17, 15) is 9.90 Å². The van der Waals surface area contributed by atoms with E-state index in [1.54, 1.807) is 4.90 Å². The van der Waals surface area contributed by atoms with Gasteiger partial charge in [0.2, 0.25) is 0 Å². The summed E-state index contributed by atoms with van der Waals surface area (Å²) in [7, 11) is 0. The van der Waals surface area contributed by atoms with E-state index in [0.29, 0.717) is 18.8 Å². The number of nitrogens with zero attached hydrogens (tertiary/aromatic N) is 1. The third-order valence-electron chi connectivity index (χ3n) is 4.36. The van der Waals surface area contributed by atoms with Crippen LogP contribution >= 0.6 is 15.9 Å². The Morgan fingerprint density at radius 3 is 2.95 bits per heavy atom. The van der Waals surface area contributed by atoms with Crippen molar-refractivity contribution in [2.75, 3.05) is 24.1 Å². The van der Waals surface area contributed by atoms with Crippen LogP contribution in [-0.4, -0.2) is 35.2 Å². The molecule has 3 rings (SSSR count). The van der Waals surface area contributed by atoms with Crippen molar-refractivity contribution in [3.63, 3.8) is 0 Å². The molecule has 1 aliphatic heterocycles. The number of rotatable bonds is 3. The summed E-state index contributed by atoms with van der Waals surface area (Å²) in [5.41, 5.74) is 7.72. The zero-order valence-corrected chi connectivity index (χ0v) is 12.7. The summed E-state index contributed by atoms with van der Waals surface area (Å²) in [5.74, 6) is 0. The van der Waals surface area contributed by atoms with Gasteiger partial charge < -0.3 is 21.1 Å². The van der Waals surface area contributed by atoms with E-state index in [1.807, 2.05) is 18.2 Å². The largest absolute Gasteiger partial charge is 0.465 e. The molecule has 1 unspecified atom stereocenters. The van der Waals surface area contributed by atoms with Gasteiger partial charge in [-0.2, -0.15) is 0 Å². The highest BCUT2D eigenvalue weighted by Gasteiger charge is 2.53. The van der Waals surface area contributed by atoms with Crippen LogP contribution in [-0.2, 0) is 0 Å². The number of carboxylic acid groups (broad SMARTS) is 1. The standard InChI is InChI=1S/C14H18BrN3O2/c15-9-1-2-11(16)12(5-9)17-7-10-6-14(3-4-14)8-18(10)13(19)20/h1-2,5,10,17H,3-4,6-8,16H2,(H,19,20). The summed E-state index contributed by atoms with van der Waals surface area (Å²) in [6.07, 6.45) is 2.46. The van der Waals surface area contributed by atoms with Crippen molar-refractivity contribution in [1.29, 1.82) is 0 Å². The van der Waals surface area contributed by atoms with Crippen molar-refractivity contribution in [1.82, 2.24) is 4.90 Å². The molecule has 108 valence electrons. The zero-order valence-electron chi connectivity index (χ0n) is 11.1. The predicted octanol–water partition coefficient (Wildman–Crippen LogP) is 2.98. The topological polar surface area (TPSA) is 78.6 Å². The van der Waals surface area contributed by atoms with Crippen LogP contribution in [0.2, 0.25) is 0 Å². The molecule has 4 N–H and O–H groups in total. The first-order valence-electron chi connectivity index (χ1n) is 6.78. The number of amides is 1. The fraction of sp³-hybridized carbons (Fsp3) is 0.500. The molecular weight excluding hydrogens is 322 g/mol. The molecule has 0 aromatic heterocycles. The summed E-state index contributed by atoms with van der Waals surface area (Å²) in [5, 5.41) is 12.6. The molecule has 5 nitrogen and oxygen atoms in total. The highest BCUT2D eigenvalue weighted by atomic mass is 79.9. The van der Waals surface area contributed by atoms with E-state index in [0.717, 1.165) is 29.4 Å². The average Bonchev–Trinajstić information content (AvgIpc) is 3.03. The van der Waals surface area contributed by atoms with E-state index >= 15 is 0 Å². The fourth-order valence-electron chi connectivity index (χ4n) is 3.02. The molecule has 1 amide bonds. The summed E-state index contributed by atoms with van der Waals surface area (Å²) in [6.45, 7) is 1.29. The van der Waals surface area contributed by atoms with E-state index < -0.39 is 6.09 Å². The first-order chi connectivity index (χ1) is 9.49. The molecule has 1 aromatic rings. The third-order valence-corrected chi connectivity index (χ3v) is 4.85. The second kappa shape index (κ2) is 4.84. The molecule has 1 saturated carbocycles. The molecule has 1 heterocycles. The van der Waals surface area contributed by atoms with Crippen LogP contribution in [0, 0.1) is 5.41 Å². The number of anilines is 2. The minimum absolute atomic E-state index is 0.0355. The Kier molecular flexibility index (Phi) is 3.28. The highest BCUT2D eigenvalue weighted by Crippen LogP contribution is 2.54. The van der Waals surface area contributed by atoms with Crippen molar-refractivity contribution >= 4 is 33.4 Å². The lowest BCUT2D eigenvalue weighted by Gasteiger charge is -2.22. The Labute approximate surface area is 126 Å². The number of hydrogen-bond donors (Lipinski definition) is 3. The predicted molar refractivity (Wildman–Crippen MR) is 81.8 cm³/mol. The third kappa shape index (κ3) is 2.57. The van der Waals surface area contributed by atoms with Crippen molar-refractivity contribution in [2.24, 2.45) is 5.41 Å². The van der Waals surface area contributed by atoms with Crippen molar-refractivity contribution < 1.29 is 9.90 Å². The van der Waals surface area contributed by atoms with Crippen molar-refractivity contribution in [3.05, 3.63) is 22.7 Å². The molecule has 20 heavy (non-hydrogen) atoms. The quantitative estimate of drug-likeness (QED) is 0.739. The summed E-state index contributed by atoms with van der Waals surface area (Å²) in [4.78, 5) is 12.9. The Morgan fingerprint density at radius 2 is 2.30 bits per heavy atom. The maximum absolute atomic E-state index is 11.3. The number of nitrogen functional groups attached to an aromatic ring is 1. The molecule has 1 aliphatic carbocycles. The molecule has 2 aliphatic rings. The van der Waals surface area contributed by atoms with Gasteiger partial charge in [0.05, 0.1) is 17.4 Å². The molecule has 6 heteroatoms. The first kappa shape index (κ1) is 13.5. The number of likely N-dealkylation sites (tertiary alicyclic amines) is 1. The summed E-state index contributed by atoms with van der Waals surface area (Å²) >= 11 is 3.41. The van der Waals surface area contributed by atoms with Gasteiger partial charge in [-0.1, -0.05) is 15.9 Å². The molecular formula is C14H18BrN3O2. The summed E-state index contributed by atoms with van der Waals surface area (Å²) in [6, 6.07) is 5.67. The minimum Gasteiger partial charge on any atom is -0.465 e. The second-order valence-electron chi connectivity index (χ2n) is 5.88. The molecule has 1 spiro atoms. The monoisotopic (exact) mass is 339 g/mol. The first-order valence-corrected chi connectivity index (χ1v) is 7.57. The fourth-order valence-corrected chi connectivity index (χ4v) is 3.38. The lowest BCUT2D eigenvalue weighted by molar-refractivity contribution is 0.140. The lowest BCUT2D eigenvalue weighted by atomic mass is 10.0. The Balaban J connectivity index is 1.68. The number of carbonyl (C=O) groups is 1. The molecule has 1 aromatic carbocycles. The minimum atomic E-state index is -0.817. The van der Waals surface area contributed by atoms with Gasteiger partial charge in [-0.25, -0.2) is 4.79 Å². The normalized spacial score (nSPS) is 23.1. The smallest absolute Gasteiger partial charge is 0.407 e. The molecule has 0 radical (unpaired) electrons. The Bertz CT molecular complexity index is 545. The van der Waals surface area contributed by atoms with Crippen molar-refractivity contribution in [3.8, 4) is 0 Å². The molecule has 0 bridgehead atoms. The van der Waals surface area contributed by atoms with Gasteiger partial charge >= 0.3 is 6.09 Å². The van der Waals surface area contributed by atoms with Crippen LogP contribution in [0.5, 0.6) is 0 Å². The molecule has 2 fully saturated rings. The van der Waals surface area contributed by atoms with Gasteiger partial charge in [0, 0.05) is 17.6 Å². The lowest BCUT2D eigenvalue weighted by Crippen LogP contribution is -2.38. The highest BCUT2D eigenvalue weighted by molar-refractivity contribution is 9.10. The summed E-state index contributed by atoms with van der Waals surface area (Å²) < 4.78 is 0.953. The maximum atomic E-state index is 11.3. The maximum Gasteiger partial charge on any atom is 0.407 e. The van der Waals surface area contributed by atoms with Gasteiger partial charge in [-0.15, -0.1) is 0 Å². The SMILES string of the molecule is Nc1ccc(Br)cc1NCC1CC2(CC2)CN1C(=O)O. The van der Waals surface area contributed by atoms with E-state index in [2.05, 4.69) is 21.2 Å². The molecule has 1 saturated heterocycles. The number of hydrogen-bond acceptors (Lipinski definition) is 3. The van der Waals surface area contributed by atoms with E-state index in [1.165, 1.54) is 0 Å². The van der Waals surface area contributed by atoms with Gasteiger partial charge in [0.15, 0.2) is 0 Å². The van der Waals surface area contributed by atoms with Gasteiger partial charge in [0.1, 0.15) is 0 Å². The van der Waals surface area contributed by atoms with E-state index in [4.69, 9.17) is 5.73 Å². The van der Waals surface area contributed by atoms with Crippen LogP contribution in [0.1, 0.15) is 19.3 Å². The van der Waals surface area contributed by atoms with Crippen LogP contribution in [0.4, 0.5) is 16.2 Å². The average molecular weight is 340 g/mol.